The van der Waals surface area contributed by atoms with Gasteiger partial charge in [0, 0.05) is 4.88 Å². The van der Waals surface area contributed by atoms with Gasteiger partial charge in [-0.1, -0.05) is 18.2 Å². The number of ether oxygens (including phenoxy) is 1. The lowest BCUT2D eigenvalue weighted by Crippen LogP contribution is -2.43. The van der Waals surface area contributed by atoms with Crippen molar-refractivity contribution in [2.24, 2.45) is 0 Å². The molecular weight excluding hydrogens is 288 g/mol. The molecule has 1 heterocycles. The van der Waals surface area contributed by atoms with Crippen molar-refractivity contribution in [2.75, 3.05) is 6.61 Å². The molecule has 2 rings (SSSR count). The molecule has 0 bridgehead atoms. The average molecular weight is 304 g/mol. The Morgan fingerprint density at radius 2 is 1.86 bits per heavy atom. The van der Waals surface area contributed by atoms with Crippen LogP contribution in [0.15, 0.2) is 36.4 Å². The Kier molecular flexibility index (Phi) is 4.94. The van der Waals surface area contributed by atoms with Gasteiger partial charge in [-0.15, -0.1) is 11.3 Å². The number of benzene rings is 1. The molecule has 0 aliphatic carbocycles. The van der Waals surface area contributed by atoms with Gasteiger partial charge in [0.2, 0.25) is 0 Å². The lowest BCUT2D eigenvalue weighted by molar-refractivity contribution is -0.123. The van der Waals surface area contributed by atoms with E-state index in [-0.39, 0.29) is 12.5 Å². The summed E-state index contributed by atoms with van der Waals surface area (Å²) in [5.41, 5.74) is 5.63. The van der Waals surface area contributed by atoms with E-state index in [0.29, 0.717) is 10.6 Å². The van der Waals surface area contributed by atoms with Crippen molar-refractivity contribution >= 4 is 23.2 Å². The van der Waals surface area contributed by atoms with E-state index in [2.05, 4.69) is 10.9 Å². The number of hydrazine groups is 1. The number of aryl methyl sites for hydroxylation is 2. The van der Waals surface area contributed by atoms with Crippen LogP contribution >= 0.6 is 11.3 Å². The number of rotatable bonds is 4. The third-order valence-electron chi connectivity index (χ3n) is 2.73. The van der Waals surface area contributed by atoms with Crippen LogP contribution in [0.4, 0.5) is 0 Å². The first-order valence-corrected chi connectivity index (χ1v) is 7.22. The number of hydrogen-bond acceptors (Lipinski definition) is 4. The zero-order valence-corrected chi connectivity index (χ0v) is 12.6. The molecule has 110 valence electrons. The van der Waals surface area contributed by atoms with Crippen LogP contribution in [0.2, 0.25) is 0 Å². The molecule has 2 N–H and O–H groups in total. The molecular formula is C15H16N2O3S. The minimum atomic E-state index is -0.417. The molecule has 1 aromatic carbocycles. The summed E-state index contributed by atoms with van der Waals surface area (Å²) in [4.78, 5) is 24.9. The summed E-state index contributed by atoms with van der Waals surface area (Å²) >= 11 is 1.37. The Bertz CT molecular complexity index is 652. The number of para-hydroxylation sites is 1. The third kappa shape index (κ3) is 4.32. The summed E-state index contributed by atoms with van der Waals surface area (Å²) in [6.45, 7) is 3.65. The SMILES string of the molecule is Cc1ccc(C(=O)NNC(=O)COc2ccccc2C)s1. The smallest absolute Gasteiger partial charge is 0.279 e. The van der Waals surface area contributed by atoms with Gasteiger partial charge in [-0.25, -0.2) is 0 Å². The van der Waals surface area contributed by atoms with Crippen molar-refractivity contribution in [1.29, 1.82) is 0 Å². The lowest BCUT2D eigenvalue weighted by atomic mass is 10.2. The Labute approximate surface area is 126 Å². The van der Waals surface area contributed by atoms with Gasteiger partial charge in [0.15, 0.2) is 6.61 Å². The van der Waals surface area contributed by atoms with Crippen molar-refractivity contribution < 1.29 is 14.3 Å². The first-order chi connectivity index (χ1) is 10.1. The van der Waals surface area contributed by atoms with E-state index in [1.807, 2.05) is 38.1 Å². The van der Waals surface area contributed by atoms with Crippen molar-refractivity contribution in [3.05, 3.63) is 51.7 Å². The predicted octanol–water partition coefficient (Wildman–Crippen LogP) is 2.20. The maximum absolute atomic E-state index is 11.7. The first-order valence-electron chi connectivity index (χ1n) is 6.40. The lowest BCUT2D eigenvalue weighted by Gasteiger charge is -2.09. The molecule has 0 unspecified atom stereocenters. The molecule has 0 saturated heterocycles. The van der Waals surface area contributed by atoms with Gasteiger partial charge in [-0.3, -0.25) is 20.4 Å². The zero-order chi connectivity index (χ0) is 15.2. The number of nitrogens with one attached hydrogen (secondary N) is 2. The summed E-state index contributed by atoms with van der Waals surface area (Å²) in [6.07, 6.45) is 0. The first kappa shape index (κ1) is 15.1. The van der Waals surface area contributed by atoms with Crippen molar-refractivity contribution in [3.8, 4) is 5.75 Å². The fourth-order valence-corrected chi connectivity index (χ4v) is 2.41. The summed E-state index contributed by atoms with van der Waals surface area (Å²) in [5, 5.41) is 0. The maximum Gasteiger partial charge on any atom is 0.279 e. The van der Waals surface area contributed by atoms with E-state index in [1.165, 1.54) is 11.3 Å². The Hall–Kier alpha value is -2.34. The van der Waals surface area contributed by atoms with Crippen molar-refractivity contribution in [1.82, 2.24) is 10.9 Å². The number of amides is 2. The number of carbonyl (C=O) groups excluding carboxylic acids is 2. The van der Waals surface area contributed by atoms with Crippen LogP contribution in [0.3, 0.4) is 0 Å². The summed E-state index contributed by atoms with van der Waals surface area (Å²) in [6, 6.07) is 11.0. The molecule has 0 saturated carbocycles. The van der Waals surface area contributed by atoms with Crippen molar-refractivity contribution in [3.63, 3.8) is 0 Å². The molecule has 0 spiro atoms. The van der Waals surface area contributed by atoms with Crippen LogP contribution in [0, 0.1) is 13.8 Å². The van der Waals surface area contributed by atoms with Gasteiger partial charge in [0.1, 0.15) is 5.75 Å². The van der Waals surface area contributed by atoms with E-state index in [4.69, 9.17) is 4.74 Å². The average Bonchev–Trinajstić information content (AvgIpc) is 2.90. The molecule has 21 heavy (non-hydrogen) atoms. The third-order valence-corrected chi connectivity index (χ3v) is 3.73. The Morgan fingerprint density at radius 3 is 2.52 bits per heavy atom. The quantitative estimate of drug-likeness (QED) is 0.851. The van der Waals surface area contributed by atoms with E-state index in [1.54, 1.807) is 12.1 Å². The Balaban J connectivity index is 1.78. The largest absolute Gasteiger partial charge is 0.483 e. The molecule has 0 aliphatic heterocycles. The minimum absolute atomic E-state index is 0.158. The van der Waals surface area contributed by atoms with E-state index in [0.717, 1.165) is 10.4 Å². The molecule has 2 aromatic rings. The van der Waals surface area contributed by atoms with Crippen LogP contribution in [-0.4, -0.2) is 18.4 Å². The van der Waals surface area contributed by atoms with Crippen LogP contribution in [0.1, 0.15) is 20.1 Å². The van der Waals surface area contributed by atoms with Gasteiger partial charge in [-0.2, -0.15) is 0 Å². The highest BCUT2D eigenvalue weighted by molar-refractivity contribution is 7.13. The van der Waals surface area contributed by atoms with Crippen LogP contribution in [0.5, 0.6) is 5.75 Å². The van der Waals surface area contributed by atoms with Crippen LogP contribution in [-0.2, 0) is 4.79 Å². The second-order valence-corrected chi connectivity index (χ2v) is 5.75. The zero-order valence-electron chi connectivity index (χ0n) is 11.8. The van der Waals surface area contributed by atoms with Crippen LogP contribution in [0.25, 0.3) is 0 Å². The highest BCUT2D eigenvalue weighted by Gasteiger charge is 2.09. The summed E-state index contributed by atoms with van der Waals surface area (Å²) in [7, 11) is 0. The van der Waals surface area contributed by atoms with Gasteiger partial charge >= 0.3 is 0 Å². The Morgan fingerprint density at radius 1 is 1.10 bits per heavy atom. The molecule has 0 atom stereocenters. The highest BCUT2D eigenvalue weighted by Crippen LogP contribution is 2.16. The van der Waals surface area contributed by atoms with Gasteiger partial charge < -0.3 is 4.74 Å². The van der Waals surface area contributed by atoms with E-state index < -0.39 is 5.91 Å². The fourth-order valence-electron chi connectivity index (χ4n) is 1.64. The molecule has 0 aliphatic rings. The number of carbonyl (C=O) groups is 2. The number of thiophene rings is 1. The maximum atomic E-state index is 11.7. The predicted molar refractivity (Wildman–Crippen MR) is 81.3 cm³/mol. The summed E-state index contributed by atoms with van der Waals surface area (Å²) in [5.74, 6) is -0.106. The van der Waals surface area contributed by atoms with Crippen LogP contribution < -0.4 is 15.6 Å². The highest BCUT2D eigenvalue weighted by atomic mass is 32.1. The molecule has 2 amide bonds. The van der Waals surface area contributed by atoms with E-state index in [9.17, 15) is 9.59 Å². The van der Waals surface area contributed by atoms with E-state index >= 15 is 0 Å². The molecule has 0 radical (unpaired) electrons. The minimum Gasteiger partial charge on any atom is -0.483 e. The topological polar surface area (TPSA) is 67.4 Å². The number of hydrogen-bond donors (Lipinski definition) is 2. The van der Waals surface area contributed by atoms with Gasteiger partial charge in [-0.05, 0) is 37.6 Å². The molecule has 0 fully saturated rings. The molecule has 6 heteroatoms. The molecule has 1 aromatic heterocycles. The standard InChI is InChI=1S/C15H16N2O3S/c1-10-5-3-4-6-12(10)20-9-14(18)16-17-15(19)13-8-7-11(2)21-13/h3-8H,9H2,1-2H3,(H,16,18)(H,17,19). The summed E-state index contributed by atoms with van der Waals surface area (Å²) < 4.78 is 5.38. The molecule has 5 nitrogen and oxygen atoms in total. The second kappa shape index (κ2) is 6.90. The fraction of sp³-hybridized carbons (Fsp3) is 0.200. The van der Waals surface area contributed by atoms with Crippen molar-refractivity contribution in [2.45, 2.75) is 13.8 Å². The van der Waals surface area contributed by atoms with Gasteiger partial charge in [0.25, 0.3) is 11.8 Å². The monoisotopic (exact) mass is 304 g/mol. The van der Waals surface area contributed by atoms with Gasteiger partial charge in [0.05, 0.1) is 4.88 Å². The normalized spacial score (nSPS) is 10.0. The second-order valence-electron chi connectivity index (χ2n) is 4.47.